The van der Waals surface area contributed by atoms with Crippen molar-refractivity contribution in [3.63, 3.8) is 0 Å². The summed E-state index contributed by atoms with van der Waals surface area (Å²) in [5, 5.41) is 0. The van der Waals surface area contributed by atoms with Gasteiger partial charge in [-0.3, -0.25) is 0 Å². The van der Waals surface area contributed by atoms with E-state index in [1.54, 1.807) is 0 Å². The maximum atomic E-state index is 5.87. The van der Waals surface area contributed by atoms with Crippen LogP contribution in [0.2, 0.25) is 0 Å². The molecule has 2 rings (SSSR count). The van der Waals surface area contributed by atoms with Crippen LogP contribution in [0.4, 0.5) is 0 Å². The molecule has 2 aromatic carbocycles. The van der Waals surface area contributed by atoms with E-state index in [-0.39, 0.29) is 0 Å². The molecule has 29 heavy (non-hydrogen) atoms. The van der Waals surface area contributed by atoms with Crippen LogP contribution in [-0.2, 0) is 6.42 Å². The molecule has 0 radical (unpaired) electrons. The van der Waals surface area contributed by atoms with Gasteiger partial charge >= 0.3 is 0 Å². The van der Waals surface area contributed by atoms with Crippen molar-refractivity contribution < 1.29 is 18.4 Å². The van der Waals surface area contributed by atoms with Gasteiger partial charge in [0.25, 0.3) is 0 Å². The molecule has 0 amide bonds. The summed E-state index contributed by atoms with van der Waals surface area (Å²) in [4.78, 5) is 0. The number of benzene rings is 2. The number of ether oxygens (including phenoxy) is 2. The van der Waals surface area contributed by atoms with Gasteiger partial charge in [0, 0.05) is 0 Å². The lowest BCUT2D eigenvalue weighted by atomic mass is 9.94. The molecule has 0 saturated carbocycles. The van der Waals surface area contributed by atoms with Gasteiger partial charge in [-0.05, 0) is 47.7 Å². The van der Waals surface area contributed by atoms with Crippen LogP contribution in [0, 0.1) is 0 Å². The van der Waals surface area contributed by atoms with Gasteiger partial charge in [-0.15, -0.1) is 0 Å². The maximum absolute atomic E-state index is 5.87. The summed E-state index contributed by atoms with van der Waals surface area (Å²) in [5.41, 5.74) is 2.67. The lowest BCUT2D eigenvalue weighted by Gasteiger charge is -2.23. The van der Waals surface area contributed by atoms with Crippen molar-refractivity contribution in [2.45, 2.75) is 19.3 Å². The summed E-state index contributed by atoms with van der Waals surface area (Å²) in [6, 6.07) is 17.1. The molecule has 0 saturated heterocycles. The fourth-order valence-electron chi connectivity index (χ4n) is 2.96. The molecule has 160 valence electrons. The summed E-state index contributed by atoms with van der Waals surface area (Å²) in [7, 11) is 13.1. The van der Waals surface area contributed by atoms with Gasteiger partial charge in [0.1, 0.15) is 37.8 Å². The van der Waals surface area contributed by atoms with Gasteiger partial charge in [0.2, 0.25) is 0 Å². The highest BCUT2D eigenvalue weighted by Gasteiger charge is 2.10. The Hall–Kier alpha value is -2.04. The van der Waals surface area contributed by atoms with E-state index in [1.807, 2.05) is 0 Å². The number of nitrogens with zero attached hydrogens (tertiary/aromatic N) is 2. The SMILES string of the molecule is CC(Cc1ccc(OCC[N+](C)(C)C)cc1)c1ccc(OCC[N+](C)(C)C)cc1. The van der Waals surface area contributed by atoms with Gasteiger partial charge < -0.3 is 18.4 Å². The molecule has 2 aromatic rings. The fraction of sp³-hybridized carbons (Fsp3) is 0.520. The molecule has 4 heteroatoms. The predicted molar refractivity (Wildman–Crippen MR) is 122 cm³/mol. The molecule has 1 unspecified atom stereocenters. The molecular weight excluding hydrogens is 360 g/mol. The zero-order valence-electron chi connectivity index (χ0n) is 19.4. The first-order chi connectivity index (χ1) is 13.5. The third kappa shape index (κ3) is 9.33. The number of quaternary nitrogens is 2. The van der Waals surface area contributed by atoms with E-state index in [2.05, 4.69) is 97.7 Å². The average Bonchev–Trinajstić information content (AvgIpc) is 2.61. The first kappa shape index (κ1) is 23.2. The Morgan fingerprint density at radius 3 is 1.48 bits per heavy atom. The van der Waals surface area contributed by atoms with Crippen LogP contribution in [0.3, 0.4) is 0 Å². The first-order valence-corrected chi connectivity index (χ1v) is 10.6. The van der Waals surface area contributed by atoms with E-state index < -0.39 is 0 Å². The highest BCUT2D eigenvalue weighted by molar-refractivity contribution is 5.32. The quantitative estimate of drug-likeness (QED) is 0.526. The Kier molecular flexibility index (Phi) is 8.12. The van der Waals surface area contributed by atoms with E-state index in [9.17, 15) is 0 Å². The molecule has 0 spiro atoms. The van der Waals surface area contributed by atoms with Crippen LogP contribution < -0.4 is 9.47 Å². The van der Waals surface area contributed by atoms with E-state index in [0.29, 0.717) is 5.92 Å². The highest BCUT2D eigenvalue weighted by atomic mass is 16.5. The van der Waals surface area contributed by atoms with Crippen molar-refractivity contribution in [1.82, 2.24) is 0 Å². The number of hydrogen-bond donors (Lipinski definition) is 0. The van der Waals surface area contributed by atoms with Crippen molar-refractivity contribution >= 4 is 0 Å². The van der Waals surface area contributed by atoms with E-state index in [1.165, 1.54) is 11.1 Å². The van der Waals surface area contributed by atoms with E-state index in [4.69, 9.17) is 9.47 Å². The maximum Gasteiger partial charge on any atom is 0.137 e. The molecule has 0 aromatic heterocycles. The molecule has 0 aliphatic carbocycles. The summed E-state index contributed by atoms with van der Waals surface area (Å²) in [6.07, 6.45) is 1.01. The van der Waals surface area contributed by atoms with Gasteiger partial charge in [0.05, 0.1) is 42.3 Å². The first-order valence-electron chi connectivity index (χ1n) is 10.6. The van der Waals surface area contributed by atoms with Crippen LogP contribution in [0.25, 0.3) is 0 Å². The largest absolute Gasteiger partial charge is 0.488 e. The third-order valence-electron chi connectivity index (χ3n) is 4.98. The summed E-state index contributed by atoms with van der Waals surface area (Å²) < 4.78 is 13.6. The molecule has 0 aliphatic heterocycles. The van der Waals surface area contributed by atoms with Crippen LogP contribution in [-0.4, -0.2) is 77.6 Å². The summed E-state index contributed by atoms with van der Waals surface area (Å²) >= 11 is 0. The van der Waals surface area contributed by atoms with Gasteiger partial charge in [-0.1, -0.05) is 31.2 Å². The minimum atomic E-state index is 0.459. The molecule has 0 aliphatic rings. The molecule has 0 bridgehead atoms. The Labute approximate surface area is 177 Å². The summed E-state index contributed by atoms with van der Waals surface area (Å²) in [5.74, 6) is 2.36. The van der Waals surface area contributed by atoms with Crippen molar-refractivity contribution in [3.8, 4) is 11.5 Å². The normalized spacial score (nSPS) is 13.2. The average molecular weight is 401 g/mol. The molecule has 1 atom stereocenters. The third-order valence-corrected chi connectivity index (χ3v) is 4.98. The molecule has 0 N–H and O–H groups in total. The van der Waals surface area contributed by atoms with Crippen LogP contribution in [0.15, 0.2) is 48.5 Å². The molecular formula is C25H40N2O2+2. The topological polar surface area (TPSA) is 18.5 Å². The van der Waals surface area contributed by atoms with Crippen molar-refractivity contribution in [2.24, 2.45) is 0 Å². The summed E-state index contributed by atoms with van der Waals surface area (Å²) in [6.45, 7) is 5.74. The van der Waals surface area contributed by atoms with Crippen molar-refractivity contribution in [3.05, 3.63) is 59.7 Å². The van der Waals surface area contributed by atoms with Gasteiger partial charge in [-0.25, -0.2) is 0 Å². The highest BCUT2D eigenvalue weighted by Crippen LogP contribution is 2.24. The Bertz CT molecular complexity index is 725. The monoisotopic (exact) mass is 400 g/mol. The van der Waals surface area contributed by atoms with Crippen LogP contribution >= 0.6 is 0 Å². The number of rotatable bonds is 11. The molecule has 0 heterocycles. The predicted octanol–water partition coefficient (Wildman–Crippen LogP) is 4.20. The Morgan fingerprint density at radius 2 is 1.07 bits per heavy atom. The smallest absolute Gasteiger partial charge is 0.137 e. The molecule has 0 fully saturated rings. The minimum absolute atomic E-state index is 0.459. The zero-order chi connectivity index (χ0) is 21.5. The fourth-order valence-corrected chi connectivity index (χ4v) is 2.96. The second-order valence-electron chi connectivity index (χ2n) is 10.0. The van der Waals surface area contributed by atoms with Gasteiger partial charge in [0.15, 0.2) is 0 Å². The van der Waals surface area contributed by atoms with Crippen LogP contribution in [0.5, 0.6) is 11.5 Å². The standard InChI is InChI=1S/C25H40N2O2/c1-21(23-10-14-25(15-11-23)29-19-17-27(5,6)7)20-22-8-12-24(13-9-22)28-18-16-26(2,3)4/h8-15,21H,16-20H2,1-7H3/q+2. The van der Waals surface area contributed by atoms with Gasteiger partial charge in [-0.2, -0.15) is 0 Å². The van der Waals surface area contributed by atoms with E-state index >= 15 is 0 Å². The van der Waals surface area contributed by atoms with Crippen molar-refractivity contribution in [2.75, 3.05) is 68.6 Å². The number of likely N-dealkylation sites (N-methyl/N-ethyl adjacent to an activating group) is 2. The second kappa shape index (κ2) is 10.1. The second-order valence-corrected chi connectivity index (χ2v) is 10.0. The minimum Gasteiger partial charge on any atom is -0.488 e. The Balaban J connectivity index is 1.82. The zero-order valence-corrected chi connectivity index (χ0v) is 19.4. The Morgan fingerprint density at radius 1 is 0.655 bits per heavy atom. The van der Waals surface area contributed by atoms with Crippen molar-refractivity contribution in [1.29, 1.82) is 0 Å². The number of hydrogen-bond acceptors (Lipinski definition) is 2. The van der Waals surface area contributed by atoms with E-state index in [0.717, 1.165) is 53.2 Å². The van der Waals surface area contributed by atoms with Crippen LogP contribution in [0.1, 0.15) is 24.0 Å². The lowest BCUT2D eigenvalue weighted by molar-refractivity contribution is -0.870. The molecule has 4 nitrogen and oxygen atoms in total. The lowest BCUT2D eigenvalue weighted by Crippen LogP contribution is -2.38.